The van der Waals surface area contributed by atoms with Crippen molar-refractivity contribution in [3.05, 3.63) is 59.1 Å². The highest BCUT2D eigenvalue weighted by Crippen LogP contribution is 2.24. The van der Waals surface area contributed by atoms with Crippen LogP contribution in [0.15, 0.2) is 53.7 Å². The Morgan fingerprint density at radius 2 is 1.78 bits per heavy atom. The van der Waals surface area contributed by atoms with Crippen molar-refractivity contribution in [2.45, 2.75) is 25.0 Å². The van der Waals surface area contributed by atoms with Gasteiger partial charge in [0.25, 0.3) is 0 Å². The van der Waals surface area contributed by atoms with Gasteiger partial charge in [0.05, 0.1) is 23.3 Å². The molecule has 0 aliphatic carbocycles. The normalized spacial score (nSPS) is 11.9. The van der Waals surface area contributed by atoms with Crippen LogP contribution in [-0.2, 0) is 16.4 Å². The highest BCUT2D eigenvalue weighted by molar-refractivity contribution is 7.91. The van der Waals surface area contributed by atoms with E-state index in [1.54, 1.807) is 10.6 Å². The largest absolute Gasteiger partial charge is 0.310 e. The molecule has 0 bridgehead atoms. The molecule has 0 aliphatic rings. The molecule has 23 heavy (non-hydrogen) atoms. The van der Waals surface area contributed by atoms with Crippen LogP contribution < -0.4 is 0 Å². The number of aromatic nitrogens is 2. The number of nitrogens with zero attached hydrogens (tertiary/aromatic N) is 2. The average molecular weight is 349 g/mol. The summed E-state index contributed by atoms with van der Waals surface area (Å²) < 4.78 is 26.9. The summed E-state index contributed by atoms with van der Waals surface area (Å²) in [5, 5.41) is 0.726. The highest BCUT2D eigenvalue weighted by Gasteiger charge is 2.23. The first-order valence-electron chi connectivity index (χ1n) is 7.44. The van der Waals surface area contributed by atoms with Gasteiger partial charge in [-0.05, 0) is 30.2 Å². The summed E-state index contributed by atoms with van der Waals surface area (Å²) in [7, 11) is -3.43. The third kappa shape index (κ3) is 3.12. The van der Waals surface area contributed by atoms with Gasteiger partial charge >= 0.3 is 0 Å². The zero-order valence-electron chi connectivity index (χ0n) is 12.7. The zero-order valence-corrected chi connectivity index (χ0v) is 14.3. The molecule has 2 aromatic carbocycles. The molecule has 0 spiro atoms. The Morgan fingerprint density at radius 3 is 2.52 bits per heavy atom. The Balaban J connectivity index is 2.19. The predicted molar refractivity (Wildman–Crippen MR) is 92.6 cm³/mol. The van der Waals surface area contributed by atoms with Crippen molar-refractivity contribution in [3.8, 4) is 0 Å². The Kier molecular flexibility index (Phi) is 4.41. The molecule has 0 radical (unpaired) electrons. The Hall–Kier alpha value is -1.85. The lowest BCUT2D eigenvalue weighted by molar-refractivity contribution is 0.574. The minimum Gasteiger partial charge on any atom is -0.310 e. The SMILES string of the molecule is CCCS(=O)(=O)c1nc2ccccc2n1Cc1ccccc1Cl. The molecule has 0 fully saturated rings. The highest BCUT2D eigenvalue weighted by atomic mass is 35.5. The summed E-state index contributed by atoms with van der Waals surface area (Å²) in [6, 6.07) is 14.9. The minimum atomic E-state index is -3.43. The van der Waals surface area contributed by atoms with E-state index < -0.39 is 9.84 Å². The molecule has 6 heteroatoms. The molecule has 3 aromatic rings. The maximum Gasteiger partial charge on any atom is 0.229 e. The van der Waals surface area contributed by atoms with Gasteiger partial charge in [0, 0.05) is 5.02 Å². The summed E-state index contributed by atoms with van der Waals surface area (Å²) in [5.74, 6) is 0.0822. The van der Waals surface area contributed by atoms with E-state index in [0.29, 0.717) is 23.5 Å². The molecule has 1 heterocycles. The van der Waals surface area contributed by atoms with Crippen molar-refractivity contribution in [3.63, 3.8) is 0 Å². The van der Waals surface area contributed by atoms with E-state index in [9.17, 15) is 8.42 Å². The van der Waals surface area contributed by atoms with Gasteiger partial charge in [-0.25, -0.2) is 13.4 Å². The molecule has 120 valence electrons. The van der Waals surface area contributed by atoms with Crippen LogP contribution in [0.25, 0.3) is 11.0 Å². The third-order valence-corrected chi connectivity index (χ3v) is 5.84. The van der Waals surface area contributed by atoms with Crippen molar-refractivity contribution < 1.29 is 8.42 Å². The van der Waals surface area contributed by atoms with Gasteiger partial charge in [-0.15, -0.1) is 0 Å². The van der Waals surface area contributed by atoms with Crippen LogP contribution in [0.2, 0.25) is 5.02 Å². The van der Waals surface area contributed by atoms with Gasteiger partial charge in [-0.3, -0.25) is 0 Å². The summed E-state index contributed by atoms with van der Waals surface area (Å²) in [4.78, 5) is 4.36. The van der Waals surface area contributed by atoms with E-state index in [-0.39, 0.29) is 10.9 Å². The monoisotopic (exact) mass is 348 g/mol. The smallest absolute Gasteiger partial charge is 0.229 e. The number of imidazole rings is 1. The van der Waals surface area contributed by atoms with Crippen LogP contribution in [0.4, 0.5) is 0 Å². The molecule has 0 unspecified atom stereocenters. The number of fused-ring (bicyclic) bond motifs is 1. The van der Waals surface area contributed by atoms with Crippen LogP contribution >= 0.6 is 11.6 Å². The van der Waals surface area contributed by atoms with E-state index in [2.05, 4.69) is 4.98 Å². The average Bonchev–Trinajstić information content (AvgIpc) is 2.89. The number of hydrogen-bond acceptors (Lipinski definition) is 3. The van der Waals surface area contributed by atoms with Gasteiger partial charge in [0.15, 0.2) is 0 Å². The Morgan fingerprint density at radius 1 is 1.09 bits per heavy atom. The molecule has 1 aromatic heterocycles. The molecule has 0 N–H and O–H groups in total. The molecular weight excluding hydrogens is 332 g/mol. The van der Waals surface area contributed by atoms with Crippen molar-refractivity contribution in [2.75, 3.05) is 5.75 Å². The van der Waals surface area contributed by atoms with Crippen LogP contribution in [0.5, 0.6) is 0 Å². The molecule has 0 saturated heterocycles. The van der Waals surface area contributed by atoms with Gasteiger partial charge < -0.3 is 4.57 Å². The fraction of sp³-hybridized carbons (Fsp3) is 0.235. The predicted octanol–water partition coefficient (Wildman–Crippen LogP) is 3.92. The summed E-state index contributed by atoms with van der Waals surface area (Å²) in [6.07, 6.45) is 0.553. The number of rotatable bonds is 5. The third-order valence-electron chi connectivity index (χ3n) is 3.66. The van der Waals surface area contributed by atoms with Crippen LogP contribution in [-0.4, -0.2) is 23.7 Å². The standard InChI is InChI=1S/C17H17ClN2O2S/c1-2-11-23(21,22)17-19-15-9-5-6-10-16(15)20(17)12-13-7-3-4-8-14(13)18/h3-10H,2,11-12H2,1H3. The quantitative estimate of drug-likeness (QED) is 0.702. The topological polar surface area (TPSA) is 52.0 Å². The second-order valence-electron chi connectivity index (χ2n) is 5.38. The molecule has 0 amide bonds. The van der Waals surface area contributed by atoms with E-state index in [1.807, 2.05) is 49.4 Å². The van der Waals surface area contributed by atoms with Gasteiger partial charge in [0.1, 0.15) is 0 Å². The van der Waals surface area contributed by atoms with E-state index in [1.165, 1.54) is 0 Å². The molecular formula is C17H17ClN2O2S. The lowest BCUT2D eigenvalue weighted by Gasteiger charge is -2.10. The summed E-state index contributed by atoms with van der Waals surface area (Å²) in [6.45, 7) is 2.22. The summed E-state index contributed by atoms with van der Waals surface area (Å²) >= 11 is 6.24. The maximum atomic E-state index is 12.6. The molecule has 0 aliphatic heterocycles. The minimum absolute atomic E-state index is 0.0822. The lowest BCUT2D eigenvalue weighted by atomic mass is 10.2. The second-order valence-corrected chi connectivity index (χ2v) is 7.79. The number of benzene rings is 2. The van der Waals surface area contributed by atoms with Crippen LogP contribution in [0.1, 0.15) is 18.9 Å². The Bertz CT molecular complexity index is 948. The number of para-hydroxylation sites is 2. The lowest BCUT2D eigenvalue weighted by Crippen LogP contribution is -2.14. The Labute approximate surface area is 140 Å². The van der Waals surface area contributed by atoms with Crippen LogP contribution in [0.3, 0.4) is 0 Å². The van der Waals surface area contributed by atoms with E-state index in [0.717, 1.165) is 11.1 Å². The number of sulfone groups is 1. The molecule has 0 saturated carbocycles. The fourth-order valence-corrected chi connectivity index (χ4v) is 4.25. The van der Waals surface area contributed by atoms with Crippen molar-refractivity contribution in [2.24, 2.45) is 0 Å². The van der Waals surface area contributed by atoms with Crippen molar-refractivity contribution in [1.82, 2.24) is 9.55 Å². The zero-order chi connectivity index (χ0) is 16.4. The maximum absolute atomic E-state index is 12.6. The van der Waals surface area contributed by atoms with Gasteiger partial charge in [-0.1, -0.05) is 48.9 Å². The van der Waals surface area contributed by atoms with Crippen molar-refractivity contribution in [1.29, 1.82) is 0 Å². The molecule has 3 rings (SSSR count). The first kappa shape index (κ1) is 16.0. The summed E-state index contributed by atoms with van der Waals surface area (Å²) in [5.41, 5.74) is 2.33. The first-order valence-corrected chi connectivity index (χ1v) is 9.47. The molecule has 0 atom stereocenters. The van der Waals surface area contributed by atoms with E-state index in [4.69, 9.17) is 11.6 Å². The van der Waals surface area contributed by atoms with E-state index >= 15 is 0 Å². The van der Waals surface area contributed by atoms with Crippen LogP contribution in [0, 0.1) is 0 Å². The number of halogens is 1. The van der Waals surface area contributed by atoms with Gasteiger partial charge in [0.2, 0.25) is 15.0 Å². The second kappa shape index (κ2) is 6.34. The molecule has 4 nitrogen and oxygen atoms in total. The number of hydrogen-bond donors (Lipinski definition) is 0. The van der Waals surface area contributed by atoms with Crippen molar-refractivity contribution >= 4 is 32.5 Å². The van der Waals surface area contributed by atoms with Gasteiger partial charge in [-0.2, -0.15) is 0 Å². The first-order chi connectivity index (χ1) is 11.0. The fourth-order valence-electron chi connectivity index (χ4n) is 2.60.